The second kappa shape index (κ2) is 6.00. The molecule has 2 nitrogen and oxygen atoms in total. The highest BCUT2D eigenvalue weighted by molar-refractivity contribution is 5.28. The molecular formula is C18H21NO. The number of hydrogen-bond acceptors (Lipinski definition) is 2. The fourth-order valence-corrected chi connectivity index (χ4v) is 2.87. The Morgan fingerprint density at radius 2 is 2.00 bits per heavy atom. The van der Waals surface area contributed by atoms with Crippen LogP contribution in [0.2, 0.25) is 0 Å². The molecule has 0 spiro atoms. The van der Waals surface area contributed by atoms with Crippen molar-refractivity contribution >= 4 is 0 Å². The molecule has 0 amide bonds. The van der Waals surface area contributed by atoms with Crippen molar-refractivity contribution in [3.63, 3.8) is 0 Å². The van der Waals surface area contributed by atoms with Crippen LogP contribution in [-0.4, -0.2) is 10.9 Å². The predicted molar refractivity (Wildman–Crippen MR) is 81.2 cm³/mol. The van der Waals surface area contributed by atoms with Gasteiger partial charge in [-0.2, -0.15) is 0 Å². The Balaban J connectivity index is 1.50. The van der Waals surface area contributed by atoms with Crippen molar-refractivity contribution in [2.45, 2.75) is 38.8 Å². The van der Waals surface area contributed by atoms with Crippen LogP contribution in [0.1, 0.15) is 31.1 Å². The minimum atomic E-state index is 0.634. The van der Waals surface area contributed by atoms with Gasteiger partial charge in [-0.1, -0.05) is 36.4 Å². The van der Waals surface area contributed by atoms with Crippen molar-refractivity contribution in [3.8, 4) is 0 Å². The average Bonchev–Trinajstić information content (AvgIpc) is 2.88. The molecule has 1 aliphatic heterocycles. The van der Waals surface area contributed by atoms with Crippen molar-refractivity contribution in [2.75, 3.05) is 0 Å². The second-order valence-electron chi connectivity index (χ2n) is 5.31. The molecule has 0 N–H and O–H groups in total. The molecule has 0 aliphatic carbocycles. The zero-order valence-electron chi connectivity index (χ0n) is 12.0. The van der Waals surface area contributed by atoms with E-state index in [9.17, 15) is 0 Å². The molecule has 1 aliphatic rings. The Bertz CT molecular complexity index is 556. The third-order valence-corrected chi connectivity index (χ3v) is 3.95. The molecule has 0 bridgehead atoms. The van der Waals surface area contributed by atoms with Crippen molar-refractivity contribution in [2.24, 2.45) is 0 Å². The smallest absolute Gasteiger partial charge is 0.103 e. The molecule has 1 fully saturated rings. The van der Waals surface area contributed by atoms with Crippen molar-refractivity contribution in [1.82, 2.24) is 4.90 Å². The Labute approximate surface area is 120 Å². The van der Waals surface area contributed by atoms with E-state index in [0.29, 0.717) is 6.04 Å². The van der Waals surface area contributed by atoms with Gasteiger partial charge in [-0.05, 0) is 37.5 Å². The lowest BCUT2D eigenvalue weighted by molar-refractivity contribution is 0.466. The molecule has 20 heavy (non-hydrogen) atoms. The third kappa shape index (κ3) is 2.96. The summed E-state index contributed by atoms with van der Waals surface area (Å²) < 4.78 is 5.38. The van der Waals surface area contributed by atoms with Gasteiger partial charge in [0, 0.05) is 18.7 Å². The summed E-state index contributed by atoms with van der Waals surface area (Å²) in [6.07, 6.45) is 7.44. The summed E-state index contributed by atoms with van der Waals surface area (Å²) in [7, 11) is 0. The number of nitrogens with zero attached hydrogens (tertiary/aromatic N) is 1. The van der Waals surface area contributed by atoms with Gasteiger partial charge in [0.25, 0.3) is 0 Å². The first-order valence-electron chi connectivity index (χ1n) is 7.37. The van der Waals surface area contributed by atoms with Crippen LogP contribution in [0.15, 0.2) is 64.9 Å². The van der Waals surface area contributed by atoms with Gasteiger partial charge in [0.15, 0.2) is 0 Å². The van der Waals surface area contributed by atoms with E-state index in [4.69, 9.17) is 4.42 Å². The predicted octanol–water partition coefficient (Wildman–Crippen LogP) is 4.39. The Kier molecular flexibility index (Phi) is 3.91. The maximum absolute atomic E-state index is 5.38. The molecule has 104 valence electrons. The van der Waals surface area contributed by atoms with Crippen molar-refractivity contribution < 1.29 is 4.42 Å². The first-order valence-corrected chi connectivity index (χ1v) is 7.37. The number of benzene rings is 1. The van der Waals surface area contributed by atoms with Gasteiger partial charge in [0.1, 0.15) is 5.76 Å². The van der Waals surface area contributed by atoms with Crippen LogP contribution in [0, 0.1) is 0 Å². The summed E-state index contributed by atoms with van der Waals surface area (Å²) in [5.41, 5.74) is 2.88. The molecule has 1 aromatic carbocycles. The zero-order valence-corrected chi connectivity index (χ0v) is 12.0. The Morgan fingerprint density at radius 1 is 1.15 bits per heavy atom. The minimum Gasteiger partial charge on any atom is -0.469 e. The number of hydrogen-bond donors (Lipinski definition) is 0. The first-order chi connectivity index (χ1) is 9.88. The maximum atomic E-state index is 5.38. The lowest BCUT2D eigenvalue weighted by Crippen LogP contribution is -2.02. The highest BCUT2D eigenvalue weighted by Gasteiger charge is 2.38. The standard InChI is InChI=1S/C18H21NO/c1-2-17-18(12-6-10-16-11-7-13-20-16)19(17)14-15-8-4-3-5-9-15/h2-5,7-9,11,13,18H,6,10,12,14H2,1H3/b17-2-. The van der Waals surface area contributed by atoms with E-state index >= 15 is 0 Å². The molecule has 1 saturated heterocycles. The van der Waals surface area contributed by atoms with Crippen LogP contribution in [0.5, 0.6) is 0 Å². The summed E-state index contributed by atoms with van der Waals surface area (Å²) >= 11 is 0. The van der Waals surface area contributed by atoms with Crippen LogP contribution in [0.3, 0.4) is 0 Å². The second-order valence-corrected chi connectivity index (χ2v) is 5.31. The van der Waals surface area contributed by atoms with E-state index in [-0.39, 0.29) is 0 Å². The molecular weight excluding hydrogens is 246 g/mol. The number of allylic oxidation sites excluding steroid dienone is 1. The molecule has 0 saturated carbocycles. The largest absolute Gasteiger partial charge is 0.469 e. The molecule has 2 aromatic rings. The monoisotopic (exact) mass is 267 g/mol. The first kappa shape index (κ1) is 13.0. The van der Waals surface area contributed by atoms with E-state index in [1.807, 2.05) is 6.07 Å². The number of furan rings is 1. The summed E-state index contributed by atoms with van der Waals surface area (Å²) in [5, 5.41) is 0. The summed E-state index contributed by atoms with van der Waals surface area (Å²) in [4.78, 5) is 2.50. The van der Waals surface area contributed by atoms with Gasteiger partial charge in [-0.15, -0.1) is 0 Å². The van der Waals surface area contributed by atoms with Gasteiger partial charge in [-0.3, -0.25) is 0 Å². The summed E-state index contributed by atoms with van der Waals surface area (Å²) in [5.74, 6) is 1.10. The fourth-order valence-electron chi connectivity index (χ4n) is 2.87. The van der Waals surface area contributed by atoms with Gasteiger partial charge in [0.05, 0.1) is 12.3 Å². The fraction of sp³-hybridized carbons (Fsp3) is 0.333. The average molecular weight is 267 g/mol. The van der Waals surface area contributed by atoms with E-state index in [2.05, 4.69) is 54.3 Å². The molecule has 1 aromatic heterocycles. The SMILES string of the molecule is C/C=C1/C(CCCc2ccco2)N1Cc1ccccc1. The van der Waals surface area contributed by atoms with Gasteiger partial charge < -0.3 is 9.32 Å². The van der Waals surface area contributed by atoms with Crippen LogP contribution < -0.4 is 0 Å². The number of rotatable bonds is 6. The minimum absolute atomic E-state index is 0.634. The number of aryl methyl sites for hydroxylation is 1. The maximum Gasteiger partial charge on any atom is 0.103 e. The van der Waals surface area contributed by atoms with Crippen molar-refractivity contribution in [1.29, 1.82) is 0 Å². The summed E-state index contributed by atoms with van der Waals surface area (Å²) in [6.45, 7) is 3.17. The molecule has 3 rings (SSSR count). The summed E-state index contributed by atoms with van der Waals surface area (Å²) in [6, 6.07) is 15.4. The van der Waals surface area contributed by atoms with Gasteiger partial charge in [0.2, 0.25) is 0 Å². The quantitative estimate of drug-likeness (QED) is 0.722. The van der Waals surface area contributed by atoms with Crippen molar-refractivity contribution in [3.05, 3.63) is 71.8 Å². The van der Waals surface area contributed by atoms with Gasteiger partial charge in [-0.25, -0.2) is 0 Å². The normalized spacial score (nSPS) is 19.6. The molecule has 1 atom stereocenters. The highest BCUT2D eigenvalue weighted by atomic mass is 16.3. The highest BCUT2D eigenvalue weighted by Crippen LogP contribution is 2.38. The topological polar surface area (TPSA) is 16.1 Å². The Morgan fingerprint density at radius 3 is 2.70 bits per heavy atom. The lowest BCUT2D eigenvalue weighted by Gasteiger charge is -2.04. The molecule has 0 radical (unpaired) electrons. The molecule has 2 heterocycles. The molecule has 1 unspecified atom stereocenters. The molecule has 2 heteroatoms. The zero-order chi connectivity index (χ0) is 13.8. The van der Waals surface area contributed by atoms with Gasteiger partial charge >= 0.3 is 0 Å². The van der Waals surface area contributed by atoms with Crippen LogP contribution in [0.25, 0.3) is 0 Å². The van der Waals surface area contributed by atoms with Crippen LogP contribution >= 0.6 is 0 Å². The van der Waals surface area contributed by atoms with E-state index < -0.39 is 0 Å². The van der Waals surface area contributed by atoms with Crippen LogP contribution in [0.4, 0.5) is 0 Å². The Hall–Kier alpha value is -1.96. The van der Waals surface area contributed by atoms with E-state index in [0.717, 1.165) is 18.7 Å². The lowest BCUT2D eigenvalue weighted by atomic mass is 10.1. The van der Waals surface area contributed by atoms with E-state index in [1.165, 1.54) is 24.1 Å². The third-order valence-electron chi connectivity index (χ3n) is 3.95. The van der Waals surface area contributed by atoms with Crippen LogP contribution in [-0.2, 0) is 13.0 Å². The van der Waals surface area contributed by atoms with E-state index in [1.54, 1.807) is 6.26 Å².